The van der Waals surface area contributed by atoms with E-state index in [1.54, 1.807) is 12.1 Å². The molecule has 0 atom stereocenters. The number of fused-ring (bicyclic) bond motifs is 1. The lowest BCUT2D eigenvalue weighted by atomic mass is 9.59. The summed E-state index contributed by atoms with van der Waals surface area (Å²) in [6.45, 7) is 7.50. The van der Waals surface area contributed by atoms with Crippen LogP contribution in [0.15, 0.2) is 36.4 Å². The van der Waals surface area contributed by atoms with Gasteiger partial charge in [0, 0.05) is 31.6 Å². The Hall–Kier alpha value is -2.82. The molecular formula is C27H30O5. The zero-order valence-corrected chi connectivity index (χ0v) is 19.1. The Morgan fingerprint density at radius 3 is 1.50 bits per heavy atom. The standard InChI is InChI=1S/C27H30O5/c1-26(2)11-19(29)24(20(30)12-26)23(25-21(31)13-27(3,4)14-22(25)32)17-9-15-7-5-6-8-16(15)10-18(17)28/h5-10,23-25,28H,11-14H2,1-4H3. The fourth-order valence-electron chi connectivity index (χ4n) is 5.68. The molecule has 0 saturated heterocycles. The summed E-state index contributed by atoms with van der Waals surface area (Å²) in [4.78, 5) is 53.1. The number of phenolic OH excluding ortho intramolecular Hbond substituents is 1. The van der Waals surface area contributed by atoms with Gasteiger partial charge in [0.2, 0.25) is 0 Å². The lowest BCUT2D eigenvalue weighted by molar-refractivity contribution is -0.145. The van der Waals surface area contributed by atoms with E-state index in [9.17, 15) is 24.3 Å². The minimum absolute atomic E-state index is 0.0930. The summed E-state index contributed by atoms with van der Waals surface area (Å²) in [5, 5.41) is 12.6. The van der Waals surface area contributed by atoms with Crippen molar-refractivity contribution in [1.82, 2.24) is 0 Å². The summed E-state index contributed by atoms with van der Waals surface area (Å²) in [5.74, 6) is -4.30. The lowest BCUT2D eigenvalue weighted by Gasteiger charge is -2.41. The van der Waals surface area contributed by atoms with Crippen molar-refractivity contribution in [2.45, 2.75) is 59.3 Å². The third-order valence-electron chi connectivity index (χ3n) is 6.97. The van der Waals surface area contributed by atoms with E-state index < -0.39 is 28.6 Å². The summed E-state index contributed by atoms with van der Waals surface area (Å²) in [6, 6.07) is 10.8. The predicted molar refractivity (Wildman–Crippen MR) is 121 cm³/mol. The van der Waals surface area contributed by atoms with Crippen molar-refractivity contribution in [3.63, 3.8) is 0 Å². The molecule has 2 aromatic carbocycles. The number of carbonyl (C=O) groups is 4. The predicted octanol–water partition coefficient (Wildman–Crippen LogP) is 4.78. The number of benzene rings is 2. The topological polar surface area (TPSA) is 88.5 Å². The van der Waals surface area contributed by atoms with Crippen LogP contribution in [-0.2, 0) is 19.2 Å². The normalized spacial score (nSPS) is 22.2. The Bertz CT molecular complexity index is 1050. The van der Waals surface area contributed by atoms with Gasteiger partial charge in [0.25, 0.3) is 0 Å². The van der Waals surface area contributed by atoms with E-state index >= 15 is 0 Å². The molecule has 0 radical (unpaired) electrons. The minimum Gasteiger partial charge on any atom is -0.508 e. The van der Waals surface area contributed by atoms with Gasteiger partial charge >= 0.3 is 0 Å². The van der Waals surface area contributed by atoms with Gasteiger partial charge in [-0.3, -0.25) is 19.2 Å². The fraction of sp³-hybridized carbons (Fsp3) is 0.481. The van der Waals surface area contributed by atoms with Gasteiger partial charge in [-0.15, -0.1) is 0 Å². The smallest absolute Gasteiger partial charge is 0.144 e. The molecule has 2 aliphatic rings. The molecule has 1 N–H and O–H groups in total. The Morgan fingerprint density at radius 2 is 1.09 bits per heavy atom. The molecule has 0 bridgehead atoms. The molecule has 2 aromatic rings. The molecule has 4 rings (SSSR count). The molecule has 0 heterocycles. The Labute approximate surface area is 188 Å². The third-order valence-corrected chi connectivity index (χ3v) is 6.97. The molecular weight excluding hydrogens is 404 g/mol. The van der Waals surface area contributed by atoms with E-state index in [4.69, 9.17) is 0 Å². The fourth-order valence-corrected chi connectivity index (χ4v) is 5.68. The zero-order chi connectivity index (χ0) is 23.4. The lowest BCUT2D eigenvalue weighted by Crippen LogP contribution is -2.48. The SMILES string of the molecule is CC1(C)CC(=O)C(C(c2cc3ccccc3cc2O)C2C(=O)CC(C)(C)CC2=O)C(=O)C1. The van der Waals surface area contributed by atoms with Gasteiger partial charge in [-0.1, -0.05) is 52.0 Å². The van der Waals surface area contributed by atoms with Crippen LogP contribution in [0.2, 0.25) is 0 Å². The molecule has 5 heteroatoms. The maximum absolute atomic E-state index is 13.3. The van der Waals surface area contributed by atoms with Crippen molar-refractivity contribution >= 4 is 33.9 Å². The van der Waals surface area contributed by atoms with Gasteiger partial charge in [0.15, 0.2) is 0 Å². The molecule has 0 aromatic heterocycles. The van der Waals surface area contributed by atoms with Crippen LogP contribution in [0, 0.1) is 22.7 Å². The minimum atomic E-state index is -1.10. The second kappa shape index (κ2) is 7.65. The van der Waals surface area contributed by atoms with Gasteiger partial charge < -0.3 is 5.11 Å². The van der Waals surface area contributed by atoms with Gasteiger partial charge in [-0.05, 0) is 39.3 Å². The monoisotopic (exact) mass is 434 g/mol. The average molecular weight is 435 g/mol. The van der Waals surface area contributed by atoms with E-state index in [1.807, 2.05) is 52.0 Å². The van der Waals surface area contributed by atoms with E-state index in [1.165, 1.54) is 0 Å². The van der Waals surface area contributed by atoms with Crippen LogP contribution in [0.4, 0.5) is 0 Å². The molecule has 0 spiro atoms. The molecule has 5 nitrogen and oxygen atoms in total. The number of aromatic hydroxyl groups is 1. The Balaban J connectivity index is 1.89. The first-order chi connectivity index (χ1) is 14.9. The molecule has 168 valence electrons. The number of ketones is 4. The second-order valence-electron chi connectivity index (χ2n) is 11.1. The quantitative estimate of drug-likeness (QED) is 0.703. The summed E-state index contributed by atoms with van der Waals surface area (Å²) in [5.41, 5.74) is -0.576. The van der Waals surface area contributed by atoms with Crippen LogP contribution in [0.1, 0.15) is 64.9 Å². The number of Topliss-reactive ketones (excluding diaryl/α,β-unsaturated/α-hetero) is 4. The van der Waals surface area contributed by atoms with Crippen LogP contribution in [0.25, 0.3) is 10.8 Å². The molecule has 0 aliphatic heterocycles. The van der Waals surface area contributed by atoms with E-state index in [-0.39, 0.29) is 54.6 Å². The Morgan fingerprint density at radius 1 is 0.719 bits per heavy atom. The highest BCUT2D eigenvalue weighted by atomic mass is 16.3. The van der Waals surface area contributed by atoms with Gasteiger partial charge in [-0.25, -0.2) is 0 Å². The molecule has 2 fully saturated rings. The van der Waals surface area contributed by atoms with Crippen LogP contribution < -0.4 is 0 Å². The first-order valence-electron chi connectivity index (χ1n) is 11.2. The largest absolute Gasteiger partial charge is 0.508 e. The number of hydrogen-bond donors (Lipinski definition) is 1. The maximum Gasteiger partial charge on any atom is 0.144 e. The average Bonchev–Trinajstić information content (AvgIpc) is 2.63. The van der Waals surface area contributed by atoms with Gasteiger partial charge in [-0.2, -0.15) is 0 Å². The zero-order valence-electron chi connectivity index (χ0n) is 19.1. The van der Waals surface area contributed by atoms with E-state index in [0.29, 0.717) is 5.56 Å². The molecule has 32 heavy (non-hydrogen) atoms. The number of carbonyl (C=O) groups excluding carboxylic acids is 4. The third kappa shape index (κ3) is 4.01. The number of hydrogen-bond acceptors (Lipinski definition) is 5. The van der Waals surface area contributed by atoms with Crippen LogP contribution in [0.5, 0.6) is 5.75 Å². The second-order valence-corrected chi connectivity index (χ2v) is 11.1. The Kier molecular flexibility index (Phi) is 5.35. The van der Waals surface area contributed by atoms with Crippen LogP contribution in [0.3, 0.4) is 0 Å². The first kappa shape index (κ1) is 22.4. The van der Waals surface area contributed by atoms with Crippen molar-refractivity contribution in [1.29, 1.82) is 0 Å². The highest BCUT2D eigenvalue weighted by Gasteiger charge is 2.52. The molecule has 2 saturated carbocycles. The van der Waals surface area contributed by atoms with Gasteiger partial charge in [0.05, 0.1) is 11.8 Å². The van der Waals surface area contributed by atoms with Gasteiger partial charge in [0.1, 0.15) is 28.9 Å². The van der Waals surface area contributed by atoms with Crippen molar-refractivity contribution in [2.24, 2.45) is 22.7 Å². The summed E-state index contributed by atoms with van der Waals surface area (Å²) in [7, 11) is 0. The summed E-state index contributed by atoms with van der Waals surface area (Å²) in [6.07, 6.45) is 0.813. The number of rotatable bonds is 3. The van der Waals surface area contributed by atoms with E-state index in [2.05, 4.69) is 0 Å². The van der Waals surface area contributed by atoms with Crippen molar-refractivity contribution in [3.05, 3.63) is 42.0 Å². The molecule has 2 aliphatic carbocycles. The molecule has 0 amide bonds. The summed E-state index contributed by atoms with van der Waals surface area (Å²) >= 11 is 0. The van der Waals surface area contributed by atoms with Crippen LogP contribution >= 0.6 is 0 Å². The number of phenols is 1. The van der Waals surface area contributed by atoms with Crippen molar-refractivity contribution in [2.75, 3.05) is 0 Å². The van der Waals surface area contributed by atoms with Crippen molar-refractivity contribution < 1.29 is 24.3 Å². The van der Waals surface area contributed by atoms with Crippen molar-refractivity contribution in [3.8, 4) is 5.75 Å². The highest BCUT2D eigenvalue weighted by molar-refractivity contribution is 6.11. The maximum atomic E-state index is 13.3. The molecule has 0 unspecified atom stereocenters. The van der Waals surface area contributed by atoms with Crippen LogP contribution in [-0.4, -0.2) is 28.2 Å². The summed E-state index contributed by atoms with van der Waals surface area (Å²) < 4.78 is 0. The van der Waals surface area contributed by atoms with E-state index in [0.717, 1.165) is 10.8 Å². The highest BCUT2D eigenvalue weighted by Crippen LogP contribution is 2.49. The first-order valence-corrected chi connectivity index (χ1v) is 11.2.